The van der Waals surface area contributed by atoms with E-state index in [2.05, 4.69) is 10.6 Å². The van der Waals surface area contributed by atoms with Crippen LogP contribution in [0.15, 0.2) is 77.7 Å². The van der Waals surface area contributed by atoms with Crippen LogP contribution in [0.2, 0.25) is 0 Å². The van der Waals surface area contributed by atoms with Gasteiger partial charge in [0.25, 0.3) is 5.91 Å². The maximum Gasteiger partial charge on any atom is 0.339 e. The summed E-state index contributed by atoms with van der Waals surface area (Å²) in [6.07, 6.45) is 0. The highest BCUT2D eigenvalue weighted by Gasteiger charge is 2.13. The largest absolute Gasteiger partial charge is 0.497 e. The first-order valence-electron chi connectivity index (χ1n) is 9.65. The van der Waals surface area contributed by atoms with E-state index in [1.807, 2.05) is 12.1 Å². The molecule has 32 heavy (non-hydrogen) atoms. The Morgan fingerprint density at radius 3 is 2.34 bits per heavy atom. The Kier molecular flexibility index (Phi) is 7.88. The summed E-state index contributed by atoms with van der Waals surface area (Å²) in [5, 5.41) is 5.56. The number of amides is 2. The van der Waals surface area contributed by atoms with Crippen molar-refractivity contribution in [2.24, 2.45) is 0 Å². The van der Waals surface area contributed by atoms with Crippen LogP contribution in [0.25, 0.3) is 0 Å². The number of para-hydroxylation sites is 1. The van der Waals surface area contributed by atoms with Crippen LogP contribution in [0.3, 0.4) is 0 Å². The summed E-state index contributed by atoms with van der Waals surface area (Å²) >= 11 is 1.34. The number of thioether (sulfide) groups is 1. The van der Waals surface area contributed by atoms with Gasteiger partial charge in [-0.2, -0.15) is 0 Å². The zero-order valence-electron chi connectivity index (χ0n) is 17.6. The molecule has 0 heterocycles. The van der Waals surface area contributed by atoms with Crippen LogP contribution in [0.1, 0.15) is 20.7 Å². The molecular weight excluding hydrogens is 428 g/mol. The number of anilines is 2. The molecule has 0 atom stereocenters. The van der Waals surface area contributed by atoms with Crippen LogP contribution >= 0.6 is 11.8 Å². The number of rotatable bonds is 8. The van der Waals surface area contributed by atoms with Crippen LogP contribution < -0.4 is 15.4 Å². The van der Waals surface area contributed by atoms with E-state index in [9.17, 15) is 14.4 Å². The molecule has 0 bridgehead atoms. The molecule has 8 heteroatoms. The van der Waals surface area contributed by atoms with Gasteiger partial charge < -0.3 is 20.1 Å². The summed E-state index contributed by atoms with van der Waals surface area (Å²) in [6.45, 7) is 0. The van der Waals surface area contributed by atoms with Gasteiger partial charge in [-0.05, 0) is 54.6 Å². The van der Waals surface area contributed by atoms with Crippen molar-refractivity contribution in [2.75, 3.05) is 30.6 Å². The van der Waals surface area contributed by atoms with Crippen molar-refractivity contribution >= 4 is 40.9 Å². The first kappa shape index (κ1) is 22.9. The maximum atomic E-state index is 12.4. The number of methoxy groups -OCH3 is 2. The van der Waals surface area contributed by atoms with Gasteiger partial charge in [0.1, 0.15) is 5.75 Å². The van der Waals surface area contributed by atoms with E-state index in [0.29, 0.717) is 28.3 Å². The second-order valence-electron chi connectivity index (χ2n) is 6.58. The first-order chi connectivity index (χ1) is 15.5. The van der Waals surface area contributed by atoms with Crippen molar-refractivity contribution in [3.8, 4) is 5.75 Å². The predicted octanol–water partition coefficient (Wildman–Crippen LogP) is 4.46. The lowest BCUT2D eigenvalue weighted by Crippen LogP contribution is -2.17. The lowest BCUT2D eigenvalue weighted by molar-refractivity contribution is -0.113. The van der Waals surface area contributed by atoms with Gasteiger partial charge in [0, 0.05) is 16.1 Å². The normalized spacial score (nSPS) is 10.2. The molecule has 0 unspecified atom stereocenters. The summed E-state index contributed by atoms with van der Waals surface area (Å²) in [4.78, 5) is 37.4. The van der Waals surface area contributed by atoms with Crippen LogP contribution in [-0.2, 0) is 9.53 Å². The van der Waals surface area contributed by atoms with Gasteiger partial charge in [0.05, 0.1) is 31.2 Å². The first-order valence-corrected chi connectivity index (χ1v) is 10.6. The van der Waals surface area contributed by atoms with Gasteiger partial charge in [-0.3, -0.25) is 9.59 Å². The van der Waals surface area contributed by atoms with E-state index in [0.717, 1.165) is 4.90 Å². The monoisotopic (exact) mass is 450 g/mol. The molecule has 0 saturated carbocycles. The molecule has 0 aliphatic rings. The fourth-order valence-electron chi connectivity index (χ4n) is 2.82. The highest BCUT2D eigenvalue weighted by Crippen LogP contribution is 2.22. The number of nitrogens with one attached hydrogen (secondary N) is 2. The van der Waals surface area contributed by atoms with Crippen LogP contribution in [0.5, 0.6) is 5.75 Å². The minimum absolute atomic E-state index is 0.158. The molecule has 0 spiro atoms. The number of benzene rings is 3. The highest BCUT2D eigenvalue weighted by molar-refractivity contribution is 8.00. The summed E-state index contributed by atoms with van der Waals surface area (Å²) in [5.74, 6) is -0.239. The molecule has 0 aromatic heterocycles. The standard InChI is InChI=1S/C24H22N2O5S/c1-30-18-7-5-6-16(14-18)23(28)25-17-10-12-19(13-11-17)32-15-22(27)26-21-9-4-3-8-20(21)24(29)31-2/h3-14H,15H2,1-2H3,(H,25,28)(H,26,27). The van der Waals surface area contributed by atoms with Crippen LogP contribution in [-0.4, -0.2) is 37.8 Å². The van der Waals surface area contributed by atoms with Crippen molar-refractivity contribution in [3.05, 3.63) is 83.9 Å². The van der Waals surface area contributed by atoms with Crippen LogP contribution in [0.4, 0.5) is 11.4 Å². The van der Waals surface area contributed by atoms with E-state index in [1.165, 1.54) is 18.9 Å². The zero-order valence-corrected chi connectivity index (χ0v) is 18.4. The fourth-order valence-corrected chi connectivity index (χ4v) is 3.52. The summed E-state index contributed by atoms with van der Waals surface area (Å²) in [6, 6.07) is 20.7. The molecule has 2 amide bonds. The van der Waals surface area contributed by atoms with Crippen molar-refractivity contribution in [3.63, 3.8) is 0 Å². The third-order valence-electron chi connectivity index (χ3n) is 4.42. The molecule has 0 radical (unpaired) electrons. The number of ether oxygens (including phenoxy) is 2. The molecule has 7 nitrogen and oxygen atoms in total. The van der Waals surface area contributed by atoms with Crippen molar-refractivity contribution in [1.82, 2.24) is 0 Å². The molecular formula is C24H22N2O5S. The minimum atomic E-state index is -0.514. The summed E-state index contributed by atoms with van der Waals surface area (Å²) < 4.78 is 9.87. The predicted molar refractivity (Wildman–Crippen MR) is 125 cm³/mol. The summed E-state index contributed by atoms with van der Waals surface area (Å²) in [7, 11) is 2.84. The number of carbonyl (C=O) groups excluding carboxylic acids is 3. The van der Waals surface area contributed by atoms with Gasteiger partial charge in [0.2, 0.25) is 5.91 Å². The van der Waals surface area contributed by atoms with Gasteiger partial charge in [-0.1, -0.05) is 18.2 Å². The molecule has 3 aromatic carbocycles. The number of hydrogen-bond donors (Lipinski definition) is 2. The average Bonchev–Trinajstić information content (AvgIpc) is 2.83. The Balaban J connectivity index is 1.54. The van der Waals surface area contributed by atoms with E-state index in [4.69, 9.17) is 9.47 Å². The highest BCUT2D eigenvalue weighted by atomic mass is 32.2. The topological polar surface area (TPSA) is 93.7 Å². The lowest BCUT2D eigenvalue weighted by Gasteiger charge is -2.10. The smallest absolute Gasteiger partial charge is 0.339 e. The lowest BCUT2D eigenvalue weighted by atomic mass is 10.2. The van der Waals surface area contributed by atoms with Crippen molar-refractivity contribution < 1.29 is 23.9 Å². The van der Waals surface area contributed by atoms with Crippen LogP contribution in [0, 0.1) is 0 Å². The molecule has 0 fully saturated rings. The van der Waals surface area contributed by atoms with Gasteiger partial charge in [-0.15, -0.1) is 11.8 Å². The molecule has 164 valence electrons. The zero-order chi connectivity index (χ0) is 22.9. The molecule has 2 N–H and O–H groups in total. The Morgan fingerprint density at radius 1 is 0.875 bits per heavy atom. The minimum Gasteiger partial charge on any atom is -0.497 e. The van der Waals surface area contributed by atoms with Gasteiger partial charge in [-0.25, -0.2) is 4.79 Å². The van der Waals surface area contributed by atoms with Crippen molar-refractivity contribution in [2.45, 2.75) is 4.90 Å². The SMILES string of the molecule is COC(=O)c1ccccc1NC(=O)CSc1ccc(NC(=O)c2cccc(OC)c2)cc1. The van der Waals surface area contributed by atoms with E-state index < -0.39 is 5.97 Å². The van der Waals surface area contributed by atoms with Crippen molar-refractivity contribution in [1.29, 1.82) is 0 Å². The Labute approximate surface area is 190 Å². The Hall–Kier alpha value is -3.78. The maximum absolute atomic E-state index is 12.4. The van der Waals surface area contributed by atoms with E-state index >= 15 is 0 Å². The summed E-state index contributed by atoms with van der Waals surface area (Å²) in [5.41, 5.74) is 1.83. The molecule has 0 saturated heterocycles. The number of hydrogen-bond acceptors (Lipinski definition) is 6. The molecule has 0 aliphatic heterocycles. The molecule has 3 aromatic rings. The third kappa shape index (κ3) is 6.12. The average molecular weight is 451 g/mol. The molecule has 0 aliphatic carbocycles. The fraction of sp³-hybridized carbons (Fsp3) is 0.125. The molecule has 3 rings (SSSR count). The van der Waals surface area contributed by atoms with Gasteiger partial charge in [0.15, 0.2) is 0 Å². The number of esters is 1. The van der Waals surface area contributed by atoms with E-state index in [1.54, 1.807) is 67.8 Å². The number of carbonyl (C=O) groups is 3. The van der Waals surface area contributed by atoms with Gasteiger partial charge >= 0.3 is 5.97 Å². The quantitative estimate of drug-likeness (QED) is 0.389. The second-order valence-corrected chi connectivity index (χ2v) is 7.63. The van der Waals surface area contributed by atoms with E-state index in [-0.39, 0.29) is 17.6 Å². The second kappa shape index (κ2) is 11.0. The Morgan fingerprint density at radius 2 is 1.62 bits per heavy atom. The third-order valence-corrected chi connectivity index (χ3v) is 5.43. The Bertz CT molecular complexity index is 1120.